The van der Waals surface area contributed by atoms with Gasteiger partial charge in [-0.1, -0.05) is 0 Å². The van der Waals surface area contributed by atoms with Gasteiger partial charge in [-0.25, -0.2) is 9.37 Å². The van der Waals surface area contributed by atoms with Crippen molar-refractivity contribution in [2.24, 2.45) is 0 Å². The van der Waals surface area contributed by atoms with Crippen molar-refractivity contribution in [1.29, 1.82) is 0 Å². The molecule has 3 aromatic rings. The van der Waals surface area contributed by atoms with Gasteiger partial charge in [0.25, 0.3) is 5.91 Å². The Balaban J connectivity index is 1.75. The molecule has 2 fully saturated rings. The molecule has 5 rings (SSSR count). The monoisotopic (exact) mass is 411 g/mol. The molecule has 0 spiro atoms. The van der Waals surface area contributed by atoms with E-state index < -0.39 is 22.9 Å². The van der Waals surface area contributed by atoms with Gasteiger partial charge >= 0.3 is 0 Å². The molecule has 0 aliphatic carbocycles. The molecule has 2 saturated heterocycles. The summed E-state index contributed by atoms with van der Waals surface area (Å²) in [4.78, 5) is 19.1. The molecule has 2 N–H and O–H groups in total. The van der Waals surface area contributed by atoms with Crippen molar-refractivity contribution in [3.8, 4) is 22.9 Å². The third kappa shape index (κ3) is 2.60. The standard InChI is InChI=1S/C22H22FN3O4/c1-12-8-14(17(23)19(28)18(12)27)20-24-15-5-4-13(21(29)25-6-3-7-25)9-16(15)26(20)22(2)10-30-11-22/h4-5,8-9,27-28H,3,6-7,10-11H2,1-2H3. The van der Waals surface area contributed by atoms with Crippen LogP contribution in [0.1, 0.15) is 29.3 Å². The zero-order chi connectivity index (χ0) is 21.2. The van der Waals surface area contributed by atoms with Crippen LogP contribution in [0.3, 0.4) is 0 Å². The van der Waals surface area contributed by atoms with E-state index in [2.05, 4.69) is 4.98 Å². The molecule has 0 saturated carbocycles. The Labute approximate surface area is 172 Å². The number of likely N-dealkylation sites (tertiary alicyclic amines) is 1. The van der Waals surface area contributed by atoms with Gasteiger partial charge in [-0.3, -0.25) is 4.79 Å². The van der Waals surface area contributed by atoms with Gasteiger partial charge in [-0.2, -0.15) is 0 Å². The second-order valence-electron chi connectivity index (χ2n) is 8.36. The molecular weight excluding hydrogens is 389 g/mol. The smallest absolute Gasteiger partial charge is 0.253 e. The van der Waals surface area contributed by atoms with Crippen LogP contribution in [0.2, 0.25) is 0 Å². The van der Waals surface area contributed by atoms with E-state index in [9.17, 15) is 19.4 Å². The minimum atomic E-state index is -0.935. The van der Waals surface area contributed by atoms with Gasteiger partial charge in [-0.05, 0) is 50.1 Å². The Morgan fingerprint density at radius 2 is 1.93 bits per heavy atom. The quantitative estimate of drug-likeness (QED) is 0.647. The number of rotatable bonds is 3. The lowest BCUT2D eigenvalue weighted by atomic mass is 9.98. The van der Waals surface area contributed by atoms with Crippen molar-refractivity contribution in [1.82, 2.24) is 14.5 Å². The van der Waals surface area contributed by atoms with Gasteiger partial charge in [0.2, 0.25) is 0 Å². The summed E-state index contributed by atoms with van der Waals surface area (Å²) in [5.74, 6) is -1.93. The summed E-state index contributed by atoms with van der Waals surface area (Å²) in [6.45, 7) is 5.91. The van der Waals surface area contributed by atoms with Gasteiger partial charge in [0.1, 0.15) is 5.82 Å². The lowest BCUT2D eigenvalue weighted by molar-refractivity contribution is -0.0868. The van der Waals surface area contributed by atoms with Crippen LogP contribution in [0.5, 0.6) is 11.5 Å². The van der Waals surface area contributed by atoms with E-state index in [1.807, 2.05) is 11.5 Å². The number of aromatic hydroxyl groups is 2. The number of aromatic nitrogens is 2. The fourth-order valence-electron chi connectivity index (χ4n) is 4.09. The number of fused-ring (bicyclic) bond motifs is 1. The molecule has 1 amide bonds. The lowest BCUT2D eigenvalue weighted by Crippen LogP contribution is -2.49. The fourth-order valence-corrected chi connectivity index (χ4v) is 4.09. The molecule has 3 heterocycles. The molecule has 0 atom stereocenters. The Kier molecular flexibility index (Phi) is 4.05. The highest BCUT2D eigenvalue weighted by Crippen LogP contribution is 2.41. The van der Waals surface area contributed by atoms with Crippen LogP contribution >= 0.6 is 0 Å². The number of ether oxygens (including phenoxy) is 1. The number of hydrogen-bond donors (Lipinski definition) is 2. The summed E-state index contributed by atoms with van der Waals surface area (Å²) in [5.41, 5.74) is 1.82. The highest BCUT2D eigenvalue weighted by atomic mass is 19.1. The van der Waals surface area contributed by atoms with Crippen LogP contribution < -0.4 is 0 Å². The maximum atomic E-state index is 15.0. The molecule has 0 unspecified atom stereocenters. The highest BCUT2D eigenvalue weighted by Gasteiger charge is 2.39. The highest BCUT2D eigenvalue weighted by molar-refractivity contribution is 5.98. The van der Waals surface area contributed by atoms with Crippen LogP contribution in [0.4, 0.5) is 4.39 Å². The van der Waals surface area contributed by atoms with E-state index in [0.29, 0.717) is 41.2 Å². The fraction of sp³-hybridized carbons (Fsp3) is 0.364. The number of carbonyl (C=O) groups excluding carboxylic acids is 1. The Morgan fingerprint density at radius 3 is 2.53 bits per heavy atom. The second kappa shape index (κ2) is 6.43. The Bertz CT molecular complexity index is 1200. The van der Waals surface area contributed by atoms with E-state index in [1.165, 1.54) is 6.07 Å². The van der Waals surface area contributed by atoms with Crippen LogP contribution in [0.15, 0.2) is 24.3 Å². The van der Waals surface area contributed by atoms with Crippen molar-refractivity contribution in [2.75, 3.05) is 26.3 Å². The van der Waals surface area contributed by atoms with E-state index in [4.69, 9.17) is 4.74 Å². The normalized spacial score (nSPS) is 17.6. The summed E-state index contributed by atoms with van der Waals surface area (Å²) in [5, 5.41) is 19.9. The number of aryl methyl sites for hydroxylation is 1. The summed E-state index contributed by atoms with van der Waals surface area (Å²) in [7, 11) is 0. The molecular formula is C22H22FN3O4. The summed E-state index contributed by atoms with van der Waals surface area (Å²) >= 11 is 0. The molecule has 7 nitrogen and oxygen atoms in total. The van der Waals surface area contributed by atoms with Crippen molar-refractivity contribution in [3.63, 3.8) is 0 Å². The van der Waals surface area contributed by atoms with Crippen molar-refractivity contribution in [3.05, 3.63) is 41.2 Å². The van der Waals surface area contributed by atoms with Gasteiger partial charge in [0.15, 0.2) is 17.3 Å². The molecule has 156 valence electrons. The maximum absolute atomic E-state index is 15.0. The average molecular weight is 411 g/mol. The number of nitrogens with zero attached hydrogens (tertiary/aromatic N) is 3. The van der Waals surface area contributed by atoms with E-state index in [1.54, 1.807) is 30.0 Å². The third-order valence-electron chi connectivity index (χ3n) is 6.05. The molecule has 2 aromatic carbocycles. The predicted molar refractivity (Wildman–Crippen MR) is 108 cm³/mol. The first-order valence-electron chi connectivity index (χ1n) is 9.91. The van der Waals surface area contributed by atoms with E-state index >= 15 is 0 Å². The zero-order valence-electron chi connectivity index (χ0n) is 16.8. The van der Waals surface area contributed by atoms with E-state index in [0.717, 1.165) is 19.5 Å². The first-order chi connectivity index (χ1) is 14.3. The number of imidazole rings is 1. The first kappa shape index (κ1) is 18.9. The number of hydrogen-bond acceptors (Lipinski definition) is 5. The number of carbonyl (C=O) groups is 1. The molecule has 30 heavy (non-hydrogen) atoms. The maximum Gasteiger partial charge on any atom is 0.253 e. The molecule has 0 radical (unpaired) electrons. The number of phenols is 2. The predicted octanol–water partition coefficient (Wildman–Crippen LogP) is 3.15. The number of halogens is 1. The van der Waals surface area contributed by atoms with Gasteiger partial charge < -0.3 is 24.4 Å². The number of phenolic OH excluding ortho intramolecular Hbond substituents is 2. The lowest BCUT2D eigenvalue weighted by Gasteiger charge is -2.41. The third-order valence-corrected chi connectivity index (χ3v) is 6.05. The Hall–Kier alpha value is -3.13. The Morgan fingerprint density at radius 1 is 1.20 bits per heavy atom. The van der Waals surface area contributed by atoms with Crippen LogP contribution in [0, 0.1) is 12.7 Å². The minimum Gasteiger partial charge on any atom is -0.504 e. The topological polar surface area (TPSA) is 87.8 Å². The second-order valence-corrected chi connectivity index (χ2v) is 8.36. The van der Waals surface area contributed by atoms with Gasteiger partial charge in [-0.15, -0.1) is 0 Å². The summed E-state index contributed by atoms with van der Waals surface area (Å²) in [6.07, 6.45) is 1.01. The van der Waals surface area contributed by atoms with Crippen LogP contribution in [0.25, 0.3) is 22.4 Å². The van der Waals surface area contributed by atoms with E-state index in [-0.39, 0.29) is 11.5 Å². The first-order valence-corrected chi connectivity index (χ1v) is 9.91. The zero-order valence-corrected chi connectivity index (χ0v) is 16.8. The van der Waals surface area contributed by atoms with Crippen molar-refractivity contribution in [2.45, 2.75) is 25.8 Å². The summed E-state index contributed by atoms with van der Waals surface area (Å²) in [6, 6.07) is 6.76. The van der Waals surface area contributed by atoms with Crippen LogP contribution in [-0.2, 0) is 10.3 Å². The minimum absolute atomic E-state index is 0.0308. The van der Waals surface area contributed by atoms with Crippen molar-refractivity contribution >= 4 is 16.9 Å². The molecule has 2 aliphatic rings. The SMILES string of the molecule is Cc1cc(-c2nc3ccc(C(=O)N4CCC4)cc3n2C2(C)COC2)c(F)c(O)c1O. The van der Waals surface area contributed by atoms with Gasteiger partial charge in [0, 0.05) is 18.7 Å². The number of benzene rings is 2. The van der Waals surface area contributed by atoms with Crippen LogP contribution in [-0.4, -0.2) is 56.9 Å². The summed E-state index contributed by atoms with van der Waals surface area (Å²) < 4.78 is 22.3. The number of amides is 1. The largest absolute Gasteiger partial charge is 0.504 e. The molecule has 1 aromatic heterocycles. The van der Waals surface area contributed by atoms with Crippen molar-refractivity contribution < 1.29 is 24.1 Å². The molecule has 8 heteroatoms. The molecule has 2 aliphatic heterocycles. The molecule has 0 bridgehead atoms. The average Bonchev–Trinajstić information content (AvgIpc) is 3.04. The van der Waals surface area contributed by atoms with Gasteiger partial charge in [0.05, 0.1) is 35.3 Å².